The minimum absolute atomic E-state index is 0.550. The molecule has 4 heteroatoms. The highest BCUT2D eigenvalue weighted by Gasteiger charge is 2.05. The Morgan fingerprint density at radius 2 is 1.81 bits per heavy atom. The highest BCUT2D eigenvalue weighted by molar-refractivity contribution is 6.35. The van der Waals surface area contributed by atoms with Crippen molar-refractivity contribution in [1.29, 1.82) is 0 Å². The lowest BCUT2D eigenvalue weighted by molar-refractivity contribution is 0.300. The Morgan fingerprint density at radius 3 is 2.57 bits per heavy atom. The standard InChI is InChI=1S/C17H17ClN2O/c18-16-12-20(17-4-2-1-3-15(16)17)9-10-21-14-7-5-13(11-19)6-8-14/h1-8,12H,9-11,19H2. The van der Waals surface area contributed by atoms with E-state index in [2.05, 4.69) is 10.6 Å². The first-order chi connectivity index (χ1) is 10.3. The third-order valence-electron chi connectivity index (χ3n) is 3.50. The van der Waals surface area contributed by atoms with E-state index in [1.54, 1.807) is 0 Å². The Hall–Kier alpha value is -1.97. The van der Waals surface area contributed by atoms with Gasteiger partial charge in [-0.25, -0.2) is 0 Å². The molecule has 1 aromatic heterocycles. The molecule has 0 atom stereocenters. The Bertz CT molecular complexity index is 734. The van der Waals surface area contributed by atoms with Crippen molar-refractivity contribution < 1.29 is 4.74 Å². The largest absolute Gasteiger partial charge is 0.492 e. The molecule has 0 fully saturated rings. The summed E-state index contributed by atoms with van der Waals surface area (Å²) in [6, 6.07) is 16.0. The van der Waals surface area contributed by atoms with Crippen molar-refractivity contribution in [2.75, 3.05) is 6.61 Å². The van der Waals surface area contributed by atoms with Crippen LogP contribution < -0.4 is 10.5 Å². The lowest BCUT2D eigenvalue weighted by Crippen LogP contribution is -2.07. The SMILES string of the molecule is NCc1ccc(OCCn2cc(Cl)c3ccccc32)cc1. The van der Waals surface area contributed by atoms with Gasteiger partial charge < -0.3 is 15.0 Å². The molecule has 2 N–H and O–H groups in total. The molecular weight excluding hydrogens is 284 g/mol. The summed E-state index contributed by atoms with van der Waals surface area (Å²) in [5.41, 5.74) is 7.81. The van der Waals surface area contributed by atoms with Gasteiger partial charge in [-0.15, -0.1) is 0 Å². The van der Waals surface area contributed by atoms with Gasteiger partial charge in [-0.1, -0.05) is 41.9 Å². The van der Waals surface area contributed by atoms with Gasteiger partial charge in [0, 0.05) is 23.6 Å². The van der Waals surface area contributed by atoms with Crippen molar-refractivity contribution in [3.8, 4) is 5.75 Å². The van der Waals surface area contributed by atoms with Crippen LogP contribution in [0.2, 0.25) is 5.02 Å². The maximum absolute atomic E-state index is 6.23. The Morgan fingerprint density at radius 1 is 1.05 bits per heavy atom. The molecule has 3 aromatic rings. The van der Waals surface area contributed by atoms with Crippen molar-refractivity contribution in [1.82, 2.24) is 4.57 Å². The normalized spacial score (nSPS) is 11.0. The Kier molecular flexibility index (Phi) is 4.13. The second-order valence-electron chi connectivity index (χ2n) is 4.88. The molecule has 0 aliphatic rings. The molecule has 0 radical (unpaired) electrons. The number of hydrogen-bond donors (Lipinski definition) is 1. The van der Waals surface area contributed by atoms with E-state index in [1.165, 1.54) is 0 Å². The zero-order valence-electron chi connectivity index (χ0n) is 11.6. The fraction of sp³-hybridized carbons (Fsp3) is 0.176. The van der Waals surface area contributed by atoms with Crippen LogP contribution in [0.1, 0.15) is 5.56 Å². The molecule has 0 aliphatic heterocycles. The number of ether oxygens (including phenoxy) is 1. The fourth-order valence-electron chi connectivity index (χ4n) is 2.37. The second-order valence-corrected chi connectivity index (χ2v) is 5.29. The zero-order valence-corrected chi connectivity index (χ0v) is 12.4. The number of halogens is 1. The van der Waals surface area contributed by atoms with Gasteiger partial charge in [0.2, 0.25) is 0 Å². The van der Waals surface area contributed by atoms with Crippen molar-refractivity contribution >= 4 is 22.5 Å². The highest BCUT2D eigenvalue weighted by Crippen LogP contribution is 2.25. The van der Waals surface area contributed by atoms with Gasteiger partial charge in [0.25, 0.3) is 0 Å². The number of hydrogen-bond acceptors (Lipinski definition) is 2. The quantitative estimate of drug-likeness (QED) is 0.778. The highest BCUT2D eigenvalue weighted by atomic mass is 35.5. The molecule has 2 aromatic carbocycles. The van der Waals surface area contributed by atoms with Gasteiger partial charge in [0.1, 0.15) is 12.4 Å². The van der Waals surface area contributed by atoms with Crippen LogP contribution in [0.25, 0.3) is 10.9 Å². The van der Waals surface area contributed by atoms with E-state index < -0.39 is 0 Å². The minimum atomic E-state index is 0.550. The summed E-state index contributed by atoms with van der Waals surface area (Å²) in [6.07, 6.45) is 1.95. The van der Waals surface area contributed by atoms with Gasteiger partial charge in [-0.05, 0) is 23.8 Å². The van der Waals surface area contributed by atoms with Crippen molar-refractivity contribution in [3.63, 3.8) is 0 Å². The first-order valence-corrected chi connectivity index (χ1v) is 7.31. The van der Waals surface area contributed by atoms with Crippen molar-refractivity contribution in [2.24, 2.45) is 5.73 Å². The molecule has 3 nitrogen and oxygen atoms in total. The van der Waals surface area contributed by atoms with Crippen LogP contribution in [0.4, 0.5) is 0 Å². The third-order valence-corrected chi connectivity index (χ3v) is 3.80. The average molecular weight is 301 g/mol. The zero-order chi connectivity index (χ0) is 14.7. The fourth-order valence-corrected chi connectivity index (χ4v) is 2.65. The minimum Gasteiger partial charge on any atom is -0.492 e. The predicted octanol–water partition coefficient (Wildman–Crippen LogP) is 3.83. The topological polar surface area (TPSA) is 40.2 Å². The first-order valence-electron chi connectivity index (χ1n) is 6.93. The maximum Gasteiger partial charge on any atom is 0.119 e. The number of nitrogens with two attached hydrogens (primary N) is 1. The van der Waals surface area contributed by atoms with Crippen LogP contribution in [0.5, 0.6) is 5.75 Å². The summed E-state index contributed by atoms with van der Waals surface area (Å²) in [5.74, 6) is 0.856. The van der Waals surface area contributed by atoms with Crippen LogP contribution in [-0.2, 0) is 13.1 Å². The van der Waals surface area contributed by atoms with Crippen molar-refractivity contribution in [2.45, 2.75) is 13.1 Å². The summed E-state index contributed by atoms with van der Waals surface area (Å²) in [5, 5.41) is 1.85. The van der Waals surface area contributed by atoms with Gasteiger partial charge in [0.15, 0.2) is 0 Å². The summed E-state index contributed by atoms with van der Waals surface area (Å²) < 4.78 is 7.88. The number of aromatic nitrogens is 1. The molecule has 21 heavy (non-hydrogen) atoms. The first kappa shape index (κ1) is 14.0. The number of fused-ring (bicyclic) bond motifs is 1. The molecule has 0 saturated heterocycles. The lowest BCUT2D eigenvalue weighted by atomic mass is 10.2. The molecule has 3 rings (SSSR count). The van der Waals surface area contributed by atoms with Crippen LogP contribution in [0, 0.1) is 0 Å². The lowest BCUT2D eigenvalue weighted by Gasteiger charge is -2.08. The molecule has 108 valence electrons. The Labute approximate surface area is 128 Å². The van der Waals surface area contributed by atoms with E-state index in [9.17, 15) is 0 Å². The van der Waals surface area contributed by atoms with E-state index >= 15 is 0 Å². The van der Waals surface area contributed by atoms with Crippen LogP contribution >= 0.6 is 11.6 Å². The third kappa shape index (κ3) is 3.04. The number of benzene rings is 2. The second kappa shape index (κ2) is 6.20. The van der Waals surface area contributed by atoms with E-state index in [0.29, 0.717) is 13.2 Å². The molecule has 0 bridgehead atoms. The summed E-state index contributed by atoms with van der Waals surface area (Å²) in [6.45, 7) is 1.90. The molecule has 0 saturated carbocycles. The smallest absolute Gasteiger partial charge is 0.119 e. The van der Waals surface area contributed by atoms with E-state index in [0.717, 1.165) is 33.8 Å². The van der Waals surface area contributed by atoms with E-state index in [-0.39, 0.29) is 0 Å². The summed E-state index contributed by atoms with van der Waals surface area (Å²) in [4.78, 5) is 0. The summed E-state index contributed by atoms with van der Waals surface area (Å²) >= 11 is 6.23. The van der Waals surface area contributed by atoms with Gasteiger partial charge in [-0.3, -0.25) is 0 Å². The van der Waals surface area contributed by atoms with Gasteiger partial charge in [0.05, 0.1) is 11.6 Å². The molecule has 0 amide bonds. The van der Waals surface area contributed by atoms with Gasteiger partial charge in [-0.2, -0.15) is 0 Å². The maximum atomic E-state index is 6.23. The van der Waals surface area contributed by atoms with Crippen molar-refractivity contribution in [3.05, 3.63) is 65.3 Å². The van der Waals surface area contributed by atoms with E-state index in [1.807, 2.05) is 48.7 Å². The summed E-state index contributed by atoms with van der Waals surface area (Å²) in [7, 11) is 0. The van der Waals surface area contributed by atoms with Crippen LogP contribution in [0.15, 0.2) is 54.7 Å². The molecule has 0 spiro atoms. The molecule has 0 unspecified atom stereocenters. The number of rotatable bonds is 5. The molecule has 1 heterocycles. The average Bonchev–Trinajstić information content (AvgIpc) is 2.85. The molecular formula is C17H17ClN2O. The Balaban J connectivity index is 1.66. The molecule has 0 aliphatic carbocycles. The van der Waals surface area contributed by atoms with E-state index in [4.69, 9.17) is 22.1 Å². The number of para-hydroxylation sites is 1. The van der Waals surface area contributed by atoms with Gasteiger partial charge >= 0.3 is 0 Å². The van der Waals surface area contributed by atoms with Crippen LogP contribution in [-0.4, -0.2) is 11.2 Å². The van der Waals surface area contributed by atoms with Crippen LogP contribution in [0.3, 0.4) is 0 Å². The number of nitrogens with zero attached hydrogens (tertiary/aromatic N) is 1. The predicted molar refractivity (Wildman–Crippen MR) is 86.8 cm³/mol. The monoisotopic (exact) mass is 300 g/mol.